The van der Waals surface area contributed by atoms with Crippen molar-refractivity contribution in [2.24, 2.45) is 0 Å². The van der Waals surface area contributed by atoms with Gasteiger partial charge in [-0.05, 0) is 56.4 Å². The molecule has 164 valence electrons. The Balaban J connectivity index is 1.41. The maximum atomic E-state index is 12.9. The fourth-order valence-electron chi connectivity index (χ4n) is 4.07. The molecule has 0 spiro atoms. The third kappa shape index (κ3) is 5.71. The van der Waals surface area contributed by atoms with Gasteiger partial charge in [0.15, 0.2) is 0 Å². The Morgan fingerprint density at radius 2 is 1.68 bits per heavy atom. The van der Waals surface area contributed by atoms with Gasteiger partial charge >= 0.3 is 0 Å². The van der Waals surface area contributed by atoms with Gasteiger partial charge in [0, 0.05) is 48.5 Å². The molecule has 1 saturated heterocycles. The van der Waals surface area contributed by atoms with E-state index in [0.717, 1.165) is 25.7 Å². The zero-order valence-electron chi connectivity index (χ0n) is 18.0. The lowest BCUT2D eigenvalue weighted by Gasteiger charge is -2.40. The fraction of sp³-hybridized carbons (Fsp3) is 0.440. The van der Waals surface area contributed by atoms with E-state index in [1.54, 1.807) is 24.3 Å². The van der Waals surface area contributed by atoms with Crippen molar-refractivity contribution in [1.29, 1.82) is 0 Å². The van der Waals surface area contributed by atoms with E-state index in [4.69, 9.17) is 4.74 Å². The number of hydrogen-bond acceptors (Lipinski definition) is 4. The van der Waals surface area contributed by atoms with E-state index < -0.39 is 0 Å². The lowest BCUT2D eigenvalue weighted by molar-refractivity contribution is 0.0332. The fourth-order valence-corrected chi connectivity index (χ4v) is 4.07. The largest absolute Gasteiger partial charge is 0.381 e. The standard InChI is InChI=1S/C25H31N3O3/c1-18(19-6-3-2-4-7-19)28-25(12-14-31-15-13-25)17-26-23(29)20-8-5-9-21(16-20)24(30)27-22-10-11-22/h2-9,16,18,22,28H,10-15,17H2,1H3,(H,26,29)(H,27,30). The molecule has 4 rings (SSSR count). The Morgan fingerprint density at radius 1 is 1.00 bits per heavy atom. The molecule has 0 bridgehead atoms. The lowest BCUT2D eigenvalue weighted by Crippen LogP contribution is -2.57. The molecule has 6 nitrogen and oxygen atoms in total. The van der Waals surface area contributed by atoms with Gasteiger partial charge in [0.05, 0.1) is 0 Å². The summed E-state index contributed by atoms with van der Waals surface area (Å²) in [7, 11) is 0. The Kier molecular flexibility index (Phi) is 6.68. The number of carbonyl (C=O) groups is 2. The smallest absolute Gasteiger partial charge is 0.251 e. The Hall–Kier alpha value is -2.70. The van der Waals surface area contributed by atoms with Crippen molar-refractivity contribution in [2.75, 3.05) is 19.8 Å². The quantitative estimate of drug-likeness (QED) is 0.612. The molecule has 1 atom stereocenters. The predicted octanol–water partition coefficient (Wildman–Crippen LogP) is 3.21. The highest BCUT2D eigenvalue weighted by Crippen LogP contribution is 2.25. The average molecular weight is 422 g/mol. The van der Waals surface area contributed by atoms with Crippen LogP contribution >= 0.6 is 0 Å². The van der Waals surface area contributed by atoms with Gasteiger partial charge in [-0.25, -0.2) is 0 Å². The third-order valence-electron chi connectivity index (χ3n) is 6.16. The minimum absolute atomic E-state index is 0.114. The van der Waals surface area contributed by atoms with Crippen LogP contribution in [0.3, 0.4) is 0 Å². The molecule has 1 aliphatic carbocycles. The summed E-state index contributed by atoms with van der Waals surface area (Å²) in [5, 5.41) is 9.82. The topological polar surface area (TPSA) is 79.5 Å². The van der Waals surface area contributed by atoms with Gasteiger partial charge in [0.1, 0.15) is 0 Å². The van der Waals surface area contributed by atoms with Gasteiger partial charge in [0.2, 0.25) is 0 Å². The first-order valence-electron chi connectivity index (χ1n) is 11.1. The van der Waals surface area contributed by atoms with Crippen molar-refractivity contribution in [3.05, 3.63) is 71.3 Å². The highest BCUT2D eigenvalue weighted by Gasteiger charge is 2.34. The van der Waals surface area contributed by atoms with Crippen molar-refractivity contribution in [1.82, 2.24) is 16.0 Å². The van der Waals surface area contributed by atoms with Gasteiger partial charge < -0.3 is 20.7 Å². The summed E-state index contributed by atoms with van der Waals surface area (Å²) >= 11 is 0. The molecule has 2 aromatic carbocycles. The predicted molar refractivity (Wildman–Crippen MR) is 120 cm³/mol. The summed E-state index contributed by atoms with van der Waals surface area (Å²) in [5.74, 6) is -0.280. The highest BCUT2D eigenvalue weighted by atomic mass is 16.5. The van der Waals surface area contributed by atoms with Crippen LogP contribution in [0.5, 0.6) is 0 Å². The number of rotatable bonds is 8. The molecule has 2 aliphatic rings. The molecular weight excluding hydrogens is 390 g/mol. The summed E-state index contributed by atoms with van der Waals surface area (Å²) < 4.78 is 5.59. The van der Waals surface area contributed by atoms with Crippen molar-refractivity contribution in [3.63, 3.8) is 0 Å². The second-order valence-corrected chi connectivity index (χ2v) is 8.68. The molecule has 2 amide bonds. The molecule has 6 heteroatoms. The number of benzene rings is 2. The molecule has 1 aliphatic heterocycles. The molecular formula is C25H31N3O3. The van der Waals surface area contributed by atoms with Crippen molar-refractivity contribution in [3.8, 4) is 0 Å². The van der Waals surface area contributed by atoms with Gasteiger partial charge in [-0.1, -0.05) is 36.4 Å². The summed E-state index contributed by atoms with van der Waals surface area (Å²) in [5.41, 5.74) is 2.01. The minimum Gasteiger partial charge on any atom is -0.381 e. The molecule has 3 N–H and O–H groups in total. The van der Waals surface area contributed by atoms with Gasteiger partial charge in [-0.3, -0.25) is 9.59 Å². The molecule has 1 saturated carbocycles. The van der Waals surface area contributed by atoms with Crippen LogP contribution in [0.4, 0.5) is 0 Å². The molecule has 0 aromatic heterocycles. The van der Waals surface area contributed by atoms with Crippen LogP contribution in [-0.4, -0.2) is 43.2 Å². The van der Waals surface area contributed by atoms with Crippen molar-refractivity contribution >= 4 is 11.8 Å². The van der Waals surface area contributed by atoms with E-state index in [2.05, 4.69) is 35.0 Å². The van der Waals surface area contributed by atoms with E-state index in [-0.39, 0.29) is 29.4 Å². The van der Waals surface area contributed by atoms with Crippen molar-refractivity contribution < 1.29 is 14.3 Å². The lowest BCUT2D eigenvalue weighted by atomic mass is 9.88. The number of carbonyl (C=O) groups excluding carboxylic acids is 2. The van der Waals surface area contributed by atoms with Crippen LogP contribution in [0.15, 0.2) is 54.6 Å². The maximum absolute atomic E-state index is 12.9. The molecule has 31 heavy (non-hydrogen) atoms. The molecule has 2 aromatic rings. The van der Waals surface area contributed by atoms with E-state index in [9.17, 15) is 9.59 Å². The summed E-state index contributed by atoms with van der Waals surface area (Å²) in [4.78, 5) is 25.2. The zero-order valence-corrected chi connectivity index (χ0v) is 18.0. The zero-order chi connectivity index (χ0) is 21.7. The van der Waals surface area contributed by atoms with E-state index >= 15 is 0 Å². The van der Waals surface area contributed by atoms with Gasteiger partial charge in [-0.15, -0.1) is 0 Å². The normalized spacial score (nSPS) is 18.7. The van der Waals surface area contributed by atoms with E-state index in [1.807, 2.05) is 18.2 Å². The highest BCUT2D eigenvalue weighted by molar-refractivity contribution is 5.99. The Morgan fingerprint density at radius 3 is 2.35 bits per heavy atom. The van der Waals surface area contributed by atoms with Crippen LogP contribution in [0.2, 0.25) is 0 Å². The number of hydrogen-bond donors (Lipinski definition) is 3. The monoisotopic (exact) mass is 421 g/mol. The Labute approximate surface area is 183 Å². The van der Waals surface area contributed by atoms with E-state index in [0.29, 0.717) is 30.9 Å². The summed E-state index contributed by atoms with van der Waals surface area (Å²) in [6.07, 6.45) is 3.72. The summed E-state index contributed by atoms with van der Waals surface area (Å²) in [6.45, 7) is 3.99. The first-order valence-corrected chi connectivity index (χ1v) is 11.1. The number of nitrogens with one attached hydrogen (secondary N) is 3. The Bertz CT molecular complexity index is 905. The molecule has 2 fully saturated rings. The van der Waals surface area contributed by atoms with Crippen LogP contribution < -0.4 is 16.0 Å². The minimum atomic E-state index is -0.232. The van der Waals surface area contributed by atoms with E-state index in [1.165, 1.54) is 5.56 Å². The molecule has 0 radical (unpaired) electrons. The van der Waals surface area contributed by atoms with Gasteiger partial charge in [0.25, 0.3) is 11.8 Å². The first kappa shape index (κ1) is 21.5. The number of ether oxygens (including phenoxy) is 1. The van der Waals surface area contributed by atoms with Crippen LogP contribution in [-0.2, 0) is 4.74 Å². The molecule has 1 unspecified atom stereocenters. The SMILES string of the molecule is CC(NC1(CNC(=O)c2cccc(C(=O)NC3CC3)c2)CCOCC1)c1ccccc1. The maximum Gasteiger partial charge on any atom is 0.251 e. The first-order chi connectivity index (χ1) is 15.0. The second kappa shape index (κ2) is 9.62. The average Bonchev–Trinajstić information content (AvgIpc) is 3.63. The van der Waals surface area contributed by atoms with Crippen LogP contribution in [0.25, 0.3) is 0 Å². The summed E-state index contributed by atoms with van der Waals surface area (Å²) in [6, 6.07) is 17.7. The number of amides is 2. The molecule has 1 heterocycles. The van der Waals surface area contributed by atoms with Gasteiger partial charge in [-0.2, -0.15) is 0 Å². The second-order valence-electron chi connectivity index (χ2n) is 8.68. The third-order valence-corrected chi connectivity index (χ3v) is 6.16. The van der Waals surface area contributed by atoms with Crippen molar-refractivity contribution in [2.45, 2.75) is 50.2 Å². The van der Waals surface area contributed by atoms with Crippen LogP contribution in [0, 0.1) is 0 Å². The van der Waals surface area contributed by atoms with Crippen LogP contribution in [0.1, 0.15) is 64.9 Å².